The summed E-state index contributed by atoms with van der Waals surface area (Å²) in [6.07, 6.45) is 8.30. The number of ether oxygens (including phenoxy) is 1. The molecule has 1 radical (unpaired) electrons. The molecule has 249 valence electrons. The fourth-order valence-corrected chi connectivity index (χ4v) is 5.54. The number of carboxylic acids is 1. The van der Waals surface area contributed by atoms with Crippen LogP contribution in [0.4, 0.5) is 13.2 Å². The summed E-state index contributed by atoms with van der Waals surface area (Å²) in [5, 5.41) is 12.2. The Labute approximate surface area is 282 Å². The zero-order valence-electron chi connectivity index (χ0n) is 28.4. The molecule has 1 heterocycles. The molecular weight excluding hydrogens is 620 g/mol. The molecule has 2 aromatic rings. The zero-order chi connectivity index (χ0) is 35.1. The van der Waals surface area contributed by atoms with Crippen LogP contribution < -0.4 is 15.2 Å². The molecule has 0 saturated heterocycles. The highest BCUT2D eigenvalue weighted by Crippen LogP contribution is 2.46. The maximum absolute atomic E-state index is 14.4. The molecule has 8 heteroatoms. The summed E-state index contributed by atoms with van der Waals surface area (Å²) in [5.41, 5.74) is 3.34. The van der Waals surface area contributed by atoms with E-state index in [1.807, 2.05) is 45.9 Å². The molecular formula is C39H44BClF3O3. The maximum atomic E-state index is 14.4. The molecule has 0 fully saturated rings. The third kappa shape index (κ3) is 9.22. The van der Waals surface area contributed by atoms with E-state index in [0.29, 0.717) is 67.9 Å². The lowest BCUT2D eigenvalue weighted by Crippen LogP contribution is -2.25. The summed E-state index contributed by atoms with van der Waals surface area (Å²) in [5.74, 6) is -1.01. The van der Waals surface area contributed by atoms with E-state index in [4.69, 9.17) is 16.3 Å². The fraction of sp³-hybridized carbons (Fsp3) is 0.359. The first-order chi connectivity index (χ1) is 22.2. The second-order valence-electron chi connectivity index (χ2n) is 11.9. The minimum absolute atomic E-state index is 0.132. The van der Waals surface area contributed by atoms with Gasteiger partial charge in [0.25, 0.3) is 0 Å². The van der Waals surface area contributed by atoms with Crippen LogP contribution in [0.5, 0.6) is 5.75 Å². The number of benzene rings is 2. The number of alkyl halides is 3. The Hall–Kier alpha value is -3.71. The predicted molar refractivity (Wildman–Crippen MR) is 191 cm³/mol. The van der Waals surface area contributed by atoms with Gasteiger partial charge in [-0.15, -0.1) is 0 Å². The molecule has 1 unspecified atom stereocenters. The van der Waals surface area contributed by atoms with Crippen LogP contribution in [0.3, 0.4) is 0 Å². The number of carbonyl (C=O) groups is 1. The van der Waals surface area contributed by atoms with Crippen LogP contribution in [0.15, 0.2) is 70.8 Å². The molecule has 3 rings (SSSR count). The maximum Gasteiger partial charge on any atom is 0.416 e. The Morgan fingerprint density at radius 3 is 2.34 bits per heavy atom. The Morgan fingerprint density at radius 2 is 1.77 bits per heavy atom. The van der Waals surface area contributed by atoms with E-state index in [-0.39, 0.29) is 5.57 Å². The number of carboxylic acid groups (broad SMARTS) is 1. The van der Waals surface area contributed by atoms with E-state index >= 15 is 0 Å². The zero-order valence-corrected chi connectivity index (χ0v) is 29.1. The summed E-state index contributed by atoms with van der Waals surface area (Å²) in [6, 6.07) is 5.93. The van der Waals surface area contributed by atoms with E-state index < -0.39 is 23.5 Å². The summed E-state index contributed by atoms with van der Waals surface area (Å²) in [7, 11) is 1.72. The second-order valence-corrected chi connectivity index (χ2v) is 12.3. The minimum atomic E-state index is -4.61. The number of fused-ring (bicyclic) bond motifs is 1. The first-order valence-corrected chi connectivity index (χ1v) is 16.5. The average molecular weight is 664 g/mol. The number of halogens is 4. The van der Waals surface area contributed by atoms with Gasteiger partial charge >= 0.3 is 12.1 Å². The molecule has 0 amide bonds. The highest BCUT2D eigenvalue weighted by molar-refractivity contribution is 6.50. The average Bonchev–Trinajstić information content (AvgIpc) is 3.02. The molecule has 0 bridgehead atoms. The largest absolute Gasteiger partial charge is 0.478 e. The van der Waals surface area contributed by atoms with Gasteiger partial charge in [-0.3, -0.25) is 0 Å². The molecule has 0 saturated carbocycles. The van der Waals surface area contributed by atoms with E-state index in [9.17, 15) is 23.1 Å². The van der Waals surface area contributed by atoms with E-state index in [0.717, 1.165) is 42.2 Å². The van der Waals surface area contributed by atoms with Crippen molar-refractivity contribution in [1.82, 2.24) is 0 Å². The van der Waals surface area contributed by atoms with Gasteiger partial charge in [-0.2, -0.15) is 13.2 Å². The van der Waals surface area contributed by atoms with Crippen LogP contribution >= 0.6 is 11.6 Å². The normalized spacial score (nSPS) is 16.4. The molecule has 1 aliphatic heterocycles. The van der Waals surface area contributed by atoms with Crippen LogP contribution in [0.1, 0.15) is 109 Å². The quantitative estimate of drug-likeness (QED) is 0.140. The SMILES string of the molecule is C=c1c(Cl)cc(C2=C/C(=C/CC)c3cc(C(F)(F)F)cc(C(C)[B]C(=C/C=C(\C)CC)/C(C(=O)O)=C(/C)CC)c3O2)c/c1=C/CCC. The summed E-state index contributed by atoms with van der Waals surface area (Å²) >= 11 is 6.61. The third-order valence-electron chi connectivity index (χ3n) is 8.33. The Balaban J connectivity index is 2.31. The molecule has 1 N–H and O–H groups in total. The van der Waals surface area contributed by atoms with Crippen LogP contribution in [-0.2, 0) is 11.0 Å². The topological polar surface area (TPSA) is 46.5 Å². The van der Waals surface area contributed by atoms with Crippen molar-refractivity contribution in [3.63, 3.8) is 0 Å². The number of allylic oxidation sites excluding steroid dienone is 7. The van der Waals surface area contributed by atoms with Crippen molar-refractivity contribution in [2.24, 2.45) is 0 Å². The lowest BCUT2D eigenvalue weighted by atomic mass is 9.54. The monoisotopic (exact) mass is 663 g/mol. The number of unbranched alkanes of at least 4 members (excludes halogenated alkanes) is 1. The third-order valence-corrected chi connectivity index (χ3v) is 8.67. The molecule has 3 nitrogen and oxygen atoms in total. The summed E-state index contributed by atoms with van der Waals surface area (Å²) in [4.78, 5) is 12.5. The van der Waals surface area contributed by atoms with Crippen LogP contribution in [0.2, 0.25) is 5.02 Å². The van der Waals surface area contributed by atoms with Gasteiger partial charge in [-0.05, 0) is 97.3 Å². The van der Waals surface area contributed by atoms with Gasteiger partial charge in [0.1, 0.15) is 11.5 Å². The van der Waals surface area contributed by atoms with Crippen molar-refractivity contribution in [3.8, 4) is 5.75 Å². The van der Waals surface area contributed by atoms with Gasteiger partial charge in [0.05, 0.1) is 11.1 Å². The number of hydrogen-bond acceptors (Lipinski definition) is 2. The van der Waals surface area contributed by atoms with Crippen molar-refractivity contribution < 1.29 is 27.8 Å². The Kier molecular flexibility index (Phi) is 13.2. The molecule has 1 atom stereocenters. The van der Waals surface area contributed by atoms with Gasteiger partial charge in [0.2, 0.25) is 0 Å². The van der Waals surface area contributed by atoms with Crippen LogP contribution in [0.25, 0.3) is 24.0 Å². The van der Waals surface area contributed by atoms with E-state index in [2.05, 4.69) is 19.6 Å². The van der Waals surface area contributed by atoms with Gasteiger partial charge in [-0.1, -0.05) is 100 Å². The fourth-order valence-electron chi connectivity index (χ4n) is 5.31. The molecule has 47 heavy (non-hydrogen) atoms. The van der Waals surface area contributed by atoms with Crippen molar-refractivity contribution in [2.45, 2.75) is 92.6 Å². The smallest absolute Gasteiger partial charge is 0.416 e. The first-order valence-electron chi connectivity index (χ1n) is 16.2. The highest BCUT2D eigenvalue weighted by atomic mass is 35.5. The first kappa shape index (κ1) is 37.7. The molecule has 1 aliphatic rings. The highest BCUT2D eigenvalue weighted by Gasteiger charge is 2.35. The number of hydrogen-bond donors (Lipinski definition) is 1. The van der Waals surface area contributed by atoms with Crippen molar-refractivity contribution >= 4 is 48.8 Å². The van der Waals surface area contributed by atoms with Crippen molar-refractivity contribution in [2.75, 3.05) is 0 Å². The molecule has 2 aromatic carbocycles. The van der Waals surface area contributed by atoms with E-state index in [1.54, 1.807) is 39.3 Å². The Bertz CT molecular complexity index is 1780. The van der Waals surface area contributed by atoms with Crippen LogP contribution in [0, 0.1) is 0 Å². The summed E-state index contributed by atoms with van der Waals surface area (Å²) < 4.78 is 49.6. The van der Waals surface area contributed by atoms with Crippen molar-refractivity contribution in [1.29, 1.82) is 0 Å². The van der Waals surface area contributed by atoms with Gasteiger partial charge in [0.15, 0.2) is 7.28 Å². The molecule has 0 spiro atoms. The second kappa shape index (κ2) is 16.4. The lowest BCUT2D eigenvalue weighted by Gasteiger charge is -2.27. The Morgan fingerprint density at radius 1 is 1.06 bits per heavy atom. The van der Waals surface area contributed by atoms with E-state index in [1.165, 1.54) is 0 Å². The number of rotatable bonds is 12. The van der Waals surface area contributed by atoms with Gasteiger partial charge in [-0.25, -0.2) is 4.79 Å². The predicted octanol–water partition coefficient (Wildman–Crippen LogP) is 10.4. The van der Waals surface area contributed by atoms with Crippen LogP contribution in [-0.4, -0.2) is 18.4 Å². The van der Waals surface area contributed by atoms with Gasteiger partial charge < -0.3 is 9.84 Å². The molecule has 0 aromatic heterocycles. The minimum Gasteiger partial charge on any atom is -0.478 e. The molecule has 0 aliphatic carbocycles. The summed E-state index contributed by atoms with van der Waals surface area (Å²) in [6.45, 7) is 17.4. The van der Waals surface area contributed by atoms with Gasteiger partial charge in [0, 0.05) is 16.1 Å². The lowest BCUT2D eigenvalue weighted by molar-refractivity contribution is -0.137. The standard InChI is InChI=1S/C39H44BClF3O3/c1-9-13-15-27-18-29(19-34(41)25(27)7)35-20-28(14-10-2)32-22-30(39(42,43)44)21-31(37(32)47-35)26(8)40-33(17-16-23(5)11-3)36(38(45)46)24(6)12-4/h14-22,26H,7,9-13H2,1-6,8H3,(H,45,46)/b23-16+,27-15-,28-14-,33-17+,36-24+. The van der Waals surface area contributed by atoms with Crippen molar-refractivity contribution in [3.05, 3.63) is 108 Å². The number of aliphatic carboxylic acids is 1.